The molecule has 1 saturated heterocycles. The van der Waals surface area contributed by atoms with E-state index in [0.717, 1.165) is 38.0 Å². The van der Waals surface area contributed by atoms with Crippen molar-refractivity contribution in [2.75, 3.05) is 13.1 Å². The highest BCUT2D eigenvalue weighted by atomic mass is 16.2. The first-order chi connectivity index (χ1) is 10.3. The third-order valence-electron chi connectivity index (χ3n) is 4.19. The van der Waals surface area contributed by atoms with E-state index in [1.54, 1.807) is 0 Å². The summed E-state index contributed by atoms with van der Waals surface area (Å²) in [4.78, 5) is 18.4. The summed E-state index contributed by atoms with van der Waals surface area (Å²) in [5.74, 6) is 0.905. The number of carbonyl (C=O) groups is 1. The molecule has 0 atom stereocenters. The Labute approximate surface area is 125 Å². The van der Waals surface area contributed by atoms with Crippen LogP contribution in [0.4, 0.5) is 0 Å². The zero-order valence-corrected chi connectivity index (χ0v) is 12.2. The van der Waals surface area contributed by atoms with Crippen LogP contribution in [0.25, 0.3) is 0 Å². The largest absolute Gasteiger partial charge is 0.342 e. The topological polar surface area (TPSA) is 38.1 Å². The zero-order valence-electron chi connectivity index (χ0n) is 12.2. The molecule has 0 N–H and O–H groups in total. The Kier molecular flexibility index (Phi) is 4.34. The average Bonchev–Trinajstić information content (AvgIpc) is 3.02. The molecule has 4 heteroatoms. The quantitative estimate of drug-likeness (QED) is 0.864. The third-order valence-corrected chi connectivity index (χ3v) is 4.19. The van der Waals surface area contributed by atoms with E-state index in [1.807, 2.05) is 54.0 Å². The summed E-state index contributed by atoms with van der Waals surface area (Å²) in [5.41, 5.74) is 1.10. The molecule has 1 aromatic carbocycles. The van der Waals surface area contributed by atoms with Crippen molar-refractivity contribution in [1.82, 2.24) is 14.5 Å². The number of benzene rings is 1. The summed E-state index contributed by atoms with van der Waals surface area (Å²) in [6.45, 7) is 2.77. The fourth-order valence-corrected chi connectivity index (χ4v) is 2.94. The summed E-state index contributed by atoms with van der Waals surface area (Å²) in [6, 6.07) is 9.99. The highest BCUT2D eigenvalue weighted by Gasteiger charge is 2.22. The maximum atomic E-state index is 12.3. The molecule has 1 aliphatic rings. The summed E-state index contributed by atoms with van der Waals surface area (Å²) in [5, 5.41) is 0. The Morgan fingerprint density at radius 1 is 1.19 bits per heavy atom. The molecular formula is C17H21N3O. The Balaban J connectivity index is 1.48. The van der Waals surface area contributed by atoms with Crippen LogP contribution < -0.4 is 0 Å². The van der Waals surface area contributed by atoms with Crippen LogP contribution in [0.2, 0.25) is 0 Å². The van der Waals surface area contributed by atoms with E-state index >= 15 is 0 Å². The average molecular weight is 283 g/mol. The molecule has 110 valence electrons. The van der Waals surface area contributed by atoms with Gasteiger partial charge in [0, 0.05) is 32.0 Å². The summed E-state index contributed by atoms with van der Waals surface area (Å²) in [6.07, 6.45) is 8.38. The lowest BCUT2D eigenvalue weighted by molar-refractivity contribution is -0.131. The first-order valence-corrected chi connectivity index (χ1v) is 7.59. The maximum Gasteiger partial charge on any atom is 0.226 e. The highest BCUT2D eigenvalue weighted by Crippen LogP contribution is 2.19. The minimum Gasteiger partial charge on any atom is -0.342 e. The van der Waals surface area contributed by atoms with Gasteiger partial charge in [-0.2, -0.15) is 0 Å². The first-order valence-electron chi connectivity index (χ1n) is 7.59. The van der Waals surface area contributed by atoms with Crippen molar-refractivity contribution in [2.24, 2.45) is 5.92 Å². The molecule has 3 rings (SSSR count). The number of aromatic nitrogens is 2. The highest BCUT2D eigenvalue weighted by molar-refractivity contribution is 5.78. The molecule has 0 unspecified atom stereocenters. The standard InChI is InChI=1S/C17H21N3O/c21-17(12-15-4-2-1-3-5-15)20-9-6-16(7-10-20)13-19-11-8-18-14-19/h1-5,8,11,14,16H,6-7,9-10,12-13H2. The predicted molar refractivity (Wildman–Crippen MR) is 81.7 cm³/mol. The number of hydrogen-bond acceptors (Lipinski definition) is 2. The molecule has 0 spiro atoms. The fraction of sp³-hybridized carbons (Fsp3) is 0.412. The molecule has 0 radical (unpaired) electrons. The normalized spacial score (nSPS) is 16.1. The van der Waals surface area contributed by atoms with Crippen LogP contribution in [0, 0.1) is 5.92 Å². The van der Waals surface area contributed by atoms with Gasteiger partial charge in [-0.3, -0.25) is 4.79 Å². The number of imidazole rings is 1. The van der Waals surface area contributed by atoms with Gasteiger partial charge in [0.1, 0.15) is 0 Å². The lowest BCUT2D eigenvalue weighted by Crippen LogP contribution is -2.40. The molecule has 0 saturated carbocycles. The Bertz CT molecular complexity index is 557. The number of hydrogen-bond donors (Lipinski definition) is 0. The van der Waals surface area contributed by atoms with Crippen molar-refractivity contribution in [1.29, 1.82) is 0 Å². The molecule has 2 heterocycles. The number of nitrogens with zero attached hydrogens (tertiary/aromatic N) is 3. The van der Waals surface area contributed by atoms with Gasteiger partial charge in [0.25, 0.3) is 0 Å². The van der Waals surface area contributed by atoms with Crippen molar-refractivity contribution in [3.05, 3.63) is 54.6 Å². The van der Waals surface area contributed by atoms with Crippen LogP contribution in [0.15, 0.2) is 49.1 Å². The van der Waals surface area contributed by atoms with Gasteiger partial charge in [-0.15, -0.1) is 0 Å². The maximum absolute atomic E-state index is 12.3. The Morgan fingerprint density at radius 2 is 1.95 bits per heavy atom. The third kappa shape index (κ3) is 3.72. The van der Waals surface area contributed by atoms with Crippen LogP contribution in [0.3, 0.4) is 0 Å². The van der Waals surface area contributed by atoms with Gasteiger partial charge in [-0.05, 0) is 24.3 Å². The van der Waals surface area contributed by atoms with E-state index < -0.39 is 0 Å². The molecule has 1 aliphatic heterocycles. The second-order valence-electron chi connectivity index (χ2n) is 5.75. The van der Waals surface area contributed by atoms with E-state index in [4.69, 9.17) is 0 Å². The molecule has 1 amide bonds. The summed E-state index contributed by atoms with van der Waals surface area (Å²) >= 11 is 0. The van der Waals surface area contributed by atoms with E-state index in [0.29, 0.717) is 12.3 Å². The lowest BCUT2D eigenvalue weighted by atomic mass is 9.96. The Morgan fingerprint density at radius 3 is 2.62 bits per heavy atom. The summed E-state index contributed by atoms with van der Waals surface area (Å²) in [7, 11) is 0. The first kappa shape index (κ1) is 13.9. The van der Waals surface area contributed by atoms with Gasteiger partial charge in [0.2, 0.25) is 5.91 Å². The summed E-state index contributed by atoms with van der Waals surface area (Å²) < 4.78 is 2.13. The van der Waals surface area contributed by atoms with Gasteiger partial charge in [0.05, 0.1) is 12.7 Å². The van der Waals surface area contributed by atoms with Gasteiger partial charge < -0.3 is 9.47 Å². The fourth-order valence-electron chi connectivity index (χ4n) is 2.94. The van der Waals surface area contributed by atoms with Crippen LogP contribution >= 0.6 is 0 Å². The number of piperidine rings is 1. The van der Waals surface area contributed by atoms with E-state index in [1.165, 1.54) is 0 Å². The SMILES string of the molecule is O=C(Cc1ccccc1)N1CCC(Cn2ccnc2)CC1. The molecule has 0 bridgehead atoms. The van der Waals surface area contributed by atoms with Crippen molar-refractivity contribution in [3.63, 3.8) is 0 Å². The van der Waals surface area contributed by atoms with Crippen molar-refractivity contribution in [2.45, 2.75) is 25.8 Å². The number of rotatable bonds is 4. The van der Waals surface area contributed by atoms with Crippen LogP contribution in [-0.2, 0) is 17.8 Å². The van der Waals surface area contributed by atoms with E-state index in [9.17, 15) is 4.79 Å². The minimum absolute atomic E-state index is 0.252. The van der Waals surface area contributed by atoms with Gasteiger partial charge in [-0.25, -0.2) is 4.98 Å². The Hall–Kier alpha value is -2.10. The number of amides is 1. The van der Waals surface area contributed by atoms with E-state index in [2.05, 4.69) is 9.55 Å². The molecule has 0 aliphatic carbocycles. The van der Waals surface area contributed by atoms with Gasteiger partial charge >= 0.3 is 0 Å². The molecule has 2 aromatic rings. The molecular weight excluding hydrogens is 262 g/mol. The van der Waals surface area contributed by atoms with Gasteiger partial charge in [0.15, 0.2) is 0 Å². The molecule has 1 fully saturated rings. The zero-order chi connectivity index (χ0) is 14.5. The molecule has 4 nitrogen and oxygen atoms in total. The van der Waals surface area contributed by atoms with Crippen molar-refractivity contribution >= 4 is 5.91 Å². The predicted octanol–water partition coefficient (Wildman–Crippen LogP) is 2.36. The van der Waals surface area contributed by atoms with Crippen LogP contribution in [0.5, 0.6) is 0 Å². The van der Waals surface area contributed by atoms with Gasteiger partial charge in [-0.1, -0.05) is 30.3 Å². The van der Waals surface area contributed by atoms with E-state index in [-0.39, 0.29) is 5.91 Å². The van der Waals surface area contributed by atoms with Crippen molar-refractivity contribution in [3.8, 4) is 0 Å². The second kappa shape index (κ2) is 6.57. The number of likely N-dealkylation sites (tertiary alicyclic amines) is 1. The number of carbonyl (C=O) groups excluding carboxylic acids is 1. The smallest absolute Gasteiger partial charge is 0.226 e. The van der Waals surface area contributed by atoms with Crippen LogP contribution in [0.1, 0.15) is 18.4 Å². The lowest BCUT2D eigenvalue weighted by Gasteiger charge is -2.32. The second-order valence-corrected chi connectivity index (χ2v) is 5.75. The molecule has 1 aromatic heterocycles. The minimum atomic E-state index is 0.252. The van der Waals surface area contributed by atoms with Crippen LogP contribution in [-0.4, -0.2) is 33.4 Å². The van der Waals surface area contributed by atoms with Crippen molar-refractivity contribution < 1.29 is 4.79 Å². The molecule has 21 heavy (non-hydrogen) atoms. The monoisotopic (exact) mass is 283 g/mol.